The topological polar surface area (TPSA) is 58.6 Å². The average molecular weight is 360 g/mol. The summed E-state index contributed by atoms with van der Waals surface area (Å²) in [4.78, 5) is 25.1. The SMILES string of the molecule is O=C(CCN1CCSC1=O)Nc1ccc(Oc2cccc(F)c2)cc1. The van der Waals surface area contributed by atoms with E-state index in [1.165, 1.54) is 23.9 Å². The highest BCUT2D eigenvalue weighted by molar-refractivity contribution is 8.13. The molecule has 2 aromatic rings. The predicted octanol–water partition coefficient (Wildman–Crippen LogP) is 4.12. The third-order valence-electron chi connectivity index (χ3n) is 3.62. The van der Waals surface area contributed by atoms with Gasteiger partial charge in [-0.25, -0.2) is 4.39 Å². The van der Waals surface area contributed by atoms with Crippen LogP contribution in [0.25, 0.3) is 0 Å². The summed E-state index contributed by atoms with van der Waals surface area (Å²) in [6.07, 6.45) is 0.258. The lowest BCUT2D eigenvalue weighted by Gasteiger charge is -2.14. The molecule has 0 aliphatic carbocycles. The molecular formula is C18H17FN2O3S. The van der Waals surface area contributed by atoms with E-state index in [4.69, 9.17) is 4.74 Å². The largest absolute Gasteiger partial charge is 0.457 e. The third kappa shape index (κ3) is 4.96. The molecule has 0 aromatic heterocycles. The van der Waals surface area contributed by atoms with Crippen molar-refractivity contribution in [2.24, 2.45) is 0 Å². The number of benzene rings is 2. The maximum atomic E-state index is 13.1. The maximum absolute atomic E-state index is 13.1. The first-order valence-electron chi connectivity index (χ1n) is 7.85. The van der Waals surface area contributed by atoms with Gasteiger partial charge in [-0.1, -0.05) is 17.8 Å². The molecule has 0 radical (unpaired) electrons. The zero-order valence-corrected chi connectivity index (χ0v) is 14.2. The molecule has 130 valence electrons. The Hall–Kier alpha value is -2.54. The van der Waals surface area contributed by atoms with E-state index in [-0.39, 0.29) is 23.4 Å². The van der Waals surface area contributed by atoms with Crippen molar-refractivity contribution < 1.29 is 18.7 Å². The van der Waals surface area contributed by atoms with Gasteiger partial charge in [-0.15, -0.1) is 0 Å². The normalized spacial score (nSPS) is 13.8. The molecule has 7 heteroatoms. The van der Waals surface area contributed by atoms with Gasteiger partial charge >= 0.3 is 0 Å². The van der Waals surface area contributed by atoms with Crippen molar-refractivity contribution >= 4 is 28.6 Å². The van der Waals surface area contributed by atoms with E-state index >= 15 is 0 Å². The minimum Gasteiger partial charge on any atom is -0.457 e. The Morgan fingerprint density at radius 1 is 1.20 bits per heavy atom. The highest BCUT2D eigenvalue weighted by Gasteiger charge is 2.21. The molecule has 1 aliphatic heterocycles. The molecule has 2 aromatic carbocycles. The number of rotatable bonds is 6. The number of nitrogens with one attached hydrogen (secondary N) is 1. The summed E-state index contributed by atoms with van der Waals surface area (Å²) >= 11 is 1.28. The number of carbonyl (C=O) groups excluding carboxylic acids is 2. The summed E-state index contributed by atoms with van der Waals surface area (Å²) in [5.41, 5.74) is 0.638. The first-order chi connectivity index (χ1) is 12.1. The van der Waals surface area contributed by atoms with E-state index in [1.807, 2.05) is 0 Å². The van der Waals surface area contributed by atoms with Gasteiger partial charge in [0.1, 0.15) is 17.3 Å². The molecule has 0 atom stereocenters. The quantitative estimate of drug-likeness (QED) is 0.842. The Balaban J connectivity index is 1.50. The Kier molecular flexibility index (Phi) is 5.55. The Bertz CT molecular complexity index is 767. The van der Waals surface area contributed by atoms with E-state index in [0.717, 1.165) is 5.75 Å². The van der Waals surface area contributed by atoms with Gasteiger partial charge in [-0.05, 0) is 36.4 Å². The molecule has 1 N–H and O–H groups in total. The van der Waals surface area contributed by atoms with E-state index in [1.54, 1.807) is 41.3 Å². The molecule has 0 spiro atoms. The second kappa shape index (κ2) is 8.02. The van der Waals surface area contributed by atoms with Crippen LogP contribution in [0, 0.1) is 5.82 Å². The fraction of sp³-hybridized carbons (Fsp3) is 0.222. The van der Waals surface area contributed by atoms with Crippen LogP contribution >= 0.6 is 11.8 Å². The van der Waals surface area contributed by atoms with Crippen LogP contribution in [0.15, 0.2) is 48.5 Å². The van der Waals surface area contributed by atoms with Crippen molar-refractivity contribution in [2.45, 2.75) is 6.42 Å². The Morgan fingerprint density at radius 2 is 2.00 bits per heavy atom. The molecule has 3 rings (SSSR count). The van der Waals surface area contributed by atoms with Crippen LogP contribution in [-0.4, -0.2) is 34.9 Å². The summed E-state index contributed by atoms with van der Waals surface area (Å²) in [6, 6.07) is 12.7. The molecule has 1 fully saturated rings. The lowest BCUT2D eigenvalue weighted by molar-refractivity contribution is -0.116. The molecule has 1 saturated heterocycles. The zero-order chi connectivity index (χ0) is 17.6. The second-order valence-corrected chi connectivity index (χ2v) is 6.53. The minimum absolute atomic E-state index is 0.0339. The molecule has 0 unspecified atom stereocenters. The highest BCUT2D eigenvalue weighted by atomic mass is 32.2. The number of hydrogen-bond donors (Lipinski definition) is 1. The van der Waals surface area contributed by atoms with Gasteiger partial charge in [0.2, 0.25) is 5.91 Å². The van der Waals surface area contributed by atoms with Crippen LogP contribution < -0.4 is 10.1 Å². The maximum Gasteiger partial charge on any atom is 0.281 e. The summed E-state index contributed by atoms with van der Waals surface area (Å²) in [5.74, 6) is 1.22. The van der Waals surface area contributed by atoms with Gasteiger partial charge in [-0.3, -0.25) is 9.59 Å². The van der Waals surface area contributed by atoms with E-state index in [0.29, 0.717) is 30.3 Å². The number of hydrogen-bond acceptors (Lipinski definition) is 4. The van der Waals surface area contributed by atoms with E-state index < -0.39 is 0 Å². The summed E-state index contributed by atoms with van der Waals surface area (Å²) in [6.45, 7) is 1.13. The predicted molar refractivity (Wildman–Crippen MR) is 95.6 cm³/mol. The van der Waals surface area contributed by atoms with Crippen LogP contribution in [0.4, 0.5) is 14.9 Å². The summed E-state index contributed by atoms with van der Waals surface area (Å²) in [7, 11) is 0. The number of carbonyl (C=O) groups is 2. The van der Waals surface area contributed by atoms with Gasteiger partial charge < -0.3 is 15.0 Å². The lowest BCUT2D eigenvalue weighted by atomic mass is 10.2. The third-order valence-corrected chi connectivity index (χ3v) is 4.52. The number of anilines is 1. The van der Waals surface area contributed by atoms with Crippen LogP contribution in [0.5, 0.6) is 11.5 Å². The zero-order valence-electron chi connectivity index (χ0n) is 13.4. The first kappa shape index (κ1) is 17.3. The number of halogens is 1. The van der Waals surface area contributed by atoms with Gasteiger partial charge in [0.05, 0.1) is 0 Å². The minimum atomic E-state index is -0.365. The second-order valence-electron chi connectivity index (χ2n) is 5.48. The fourth-order valence-electron chi connectivity index (χ4n) is 2.36. The van der Waals surface area contributed by atoms with Gasteiger partial charge in [0.25, 0.3) is 5.24 Å². The Morgan fingerprint density at radius 3 is 2.68 bits per heavy atom. The first-order valence-corrected chi connectivity index (χ1v) is 8.84. The molecule has 25 heavy (non-hydrogen) atoms. The van der Waals surface area contributed by atoms with E-state index in [9.17, 15) is 14.0 Å². The van der Waals surface area contributed by atoms with Gasteiger partial charge in [0, 0.05) is 37.0 Å². The van der Waals surface area contributed by atoms with Crippen molar-refractivity contribution in [1.82, 2.24) is 4.90 Å². The molecule has 0 bridgehead atoms. The van der Waals surface area contributed by atoms with Gasteiger partial charge in [0.15, 0.2) is 0 Å². The van der Waals surface area contributed by atoms with Crippen LogP contribution in [0.3, 0.4) is 0 Å². The van der Waals surface area contributed by atoms with Crippen molar-refractivity contribution in [2.75, 3.05) is 24.2 Å². The van der Waals surface area contributed by atoms with Crippen LogP contribution in [-0.2, 0) is 4.79 Å². The van der Waals surface area contributed by atoms with Crippen LogP contribution in [0.2, 0.25) is 0 Å². The van der Waals surface area contributed by atoms with Gasteiger partial charge in [-0.2, -0.15) is 0 Å². The number of ether oxygens (including phenoxy) is 1. The number of amides is 2. The molecule has 2 amide bonds. The number of nitrogens with zero attached hydrogens (tertiary/aromatic N) is 1. The lowest BCUT2D eigenvalue weighted by Crippen LogP contribution is -2.27. The Labute approximate surface area is 149 Å². The van der Waals surface area contributed by atoms with Crippen molar-refractivity contribution in [3.05, 3.63) is 54.3 Å². The summed E-state index contributed by atoms with van der Waals surface area (Å²) in [5, 5.41) is 2.82. The van der Waals surface area contributed by atoms with Crippen molar-refractivity contribution in [3.8, 4) is 11.5 Å². The van der Waals surface area contributed by atoms with E-state index in [2.05, 4.69) is 5.32 Å². The van der Waals surface area contributed by atoms with Crippen molar-refractivity contribution in [1.29, 1.82) is 0 Å². The van der Waals surface area contributed by atoms with Crippen LogP contribution in [0.1, 0.15) is 6.42 Å². The smallest absolute Gasteiger partial charge is 0.281 e. The fourth-order valence-corrected chi connectivity index (χ4v) is 3.21. The molecular weight excluding hydrogens is 343 g/mol. The number of thioether (sulfide) groups is 1. The summed E-state index contributed by atoms with van der Waals surface area (Å²) < 4.78 is 18.7. The molecule has 0 saturated carbocycles. The highest BCUT2D eigenvalue weighted by Crippen LogP contribution is 2.23. The molecule has 5 nitrogen and oxygen atoms in total. The standard InChI is InChI=1S/C18H17FN2O3S/c19-13-2-1-3-16(12-13)24-15-6-4-14(5-7-15)20-17(22)8-9-21-10-11-25-18(21)23/h1-7,12H,8-11H2,(H,20,22). The van der Waals surface area contributed by atoms with Crippen molar-refractivity contribution in [3.63, 3.8) is 0 Å². The average Bonchev–Trinajstić information content (AvgIpc) is 3.00. The monoisotopic (exact) mass is 360 g/mol. The molecule has 1 heterocycles. The molecule has 1 aliphatic rings.